The fraction of sp³-hybridized carbons (Fsp3) is 0.724. The topological polar surface area (TPSA) is 36.4 Å². The molecular formula is C58H98N2Ni. The number of allylic oxidation sites excluding steroid dienone is 2. The first-order valence-corrected chi connectivity index (χ1v) is 27.8. The van der Waals surface area contributed by atoms with E-state index in [1.165, 1.54) is 237 Å². The summed E-state index contributed by atoms with van der Waals surface area (Å²) in [7, 11) is 0. The molecule has 3 heteroatoms. The Morgan fingerprint density at radius 2 is 0.754 bits per heavy atom. The van der Waals surface area contributed by atoms with Crippen LogP contribution in [0.4, 0.5) is 0 Å². The Morgan fingerprint density at radius 1 is 0.426 bits per heavy atom. The van der Waals surface area contributed by atoms with Gasteiger partial charge in [-0.25, -0.2) is 0 Å². The van der Waals surface area contributed by atoms with Crippen molar-refractivity contribution in [2.45, 2.75) is 270 Å². The van der Waals surface area contributed by atoms with Crippen molar-refractivity contribution >= 4 is 11.4 Å². The Labute approximate surface area is 386 Å². The molecule has 0 aromatic heterocycles. The van der Waals surface area contributed by atoms with E-state index in [4.69, 9.17) is 5.53 Å². The van der Waals surface area contributed by atoms with E-state index < -0.39 is 0 Å². The van der Waals surface area contributed by atoms with Crippen molar-refractivity contribution in [2.75, 3.05) is 0 Å². The second kappa shape index (κ2) is 44.4. The quantitative estimate of drug-likeness (QED) is 0.0160. The first-order chi connectivity index (χ1) is 30.1. The van der Waals surface area contributed by atoms with Crippen LogP contribution in [0.5, 0.6) is 0 Å². The molecule has 0 aliphatic carbocycles. The van der Waals surface area contributed by atoms with Crippen molar-refractivity contribution in [1.82, 2.24) is 0 Å². The summed E-state index contributed by atoms with van der Waals surface area (Å²) < 4.78 is 0. The standard InChI is InChI=1S/C30H40N2.2C14H29.Ni/c1-4-7-10-11-13-26-17-21-29(22-18-26)30(27(14-9-6-3)23-24-32-31)28-19-15-25(16-20-28)12-8-5-2;2*1-3-5-7-9-11-13-14-12-10-8-6-4-2;/h15-23H,4-14H2,1-3H3;2*1,3-14H2,2H3;. The minimum Gasteiger partial charge on any atom is -0.348 e. The number of nitrogens with zero attached hydrogens (tertiary/aromatic N) is 2. The van der Waals surface area contributed by atoms with Crippen LogP contribution in [0, 0.1) is 0 Å². The van der Waals surface area contributed by atoms with Crippen LogP contribution in [0.15, 0.2) is 60.2 Å². The molecular weight excluding hydrogens is 783 g/mol. The maximum atomic E-state index is 9.00. The fourth-order valence-corrected chi connectivity index (χ4v) is 9.41. The first-order valence-electron chi connectivity index (χ1n) is 26.4. The Balaban J connectivity index is 0.000000614. The van der Waals surface area contributed by atoms with Gasteiger partial charge in [0.2, 0.25) is 0 Å². The van der Waals surface area contributed by atoms with Crippen LogP contribution in [0.2, 0.25) is 10.8 Å². The number of aryl methyl sites for hydroxylation is 2. The van der Waals surface area contributed by atoms with Crippen molar-refractivity contribution in [1.29, 1.82) is 0 Å². The maximum absolute atomic E-state index is 9.00. The van der Waals surface area contributed by atoms with Crippen LogP contribution in [0.3, 0.4) is 0 Å². The summed E-state index contributed by atoms with van der Waals surface area (Å²) >= 11 is 2.04. The molecule has 2 rings (SSSR count). The predicted octanol–water partition coefficient (Wildman–Crippen LogP) is 19.9. The van der Waals surface area contributed by atoms with Gasteiger partial charge in [-0.1, -0.05) is 128 Å². The van der Waals surface area contributed by atoms with Gasteiger partial charge in [0.05, 0.1) is 6.08 Å². The summed E-state index contributed by atoms with van der Waals surface area (Å²) in [5.74, 6) is 2.67. The van der Waals surface area contributed by atoms with E-state index >= 15 is 0 Å². The van der Waals surface area contributed by atoms with Gasteiger partial charge in [-0.3, -0.25) is 0 Å². The predicted molar refractivity (Wildman–Crippen MR) is 270 cm³/mol. The number of benzene rings is 2. The van der Waals surface area contributed by atoms with Gasteiger partial charge in [0, 0.05) is 0 Å². The van der Waals surface area contributed by atoms with Gasteiger partial charge < -0.3 is 5.53 Å². The molecule has 2 aromatic carbocycles. The molecule has 0 N–H and O–H groups in total. The van der Waals surface area contributed by atoms with E-state index in [1.807, 2.05) is 20.5 Å². The van der Waals surface area contributed by atoms with Gasteiger partial charge in [-0.15, -0.1) is 4.79 Å². The van der Waals surface area contributed by atoms with Crippen LogP contribution < -0.4 is 0 Å². The average molecular weight is 882 g/mol. The molecule has 0 atom stereocenters. The molecule has 0 spiro atoms. The second-order valence-electron chi connectivity index (χ2n) is 17.9. The summed E-state index contributed by atoms with van der Waals surface area (Å²) in [6.07, 6.45) is 50.1. The SMILES string of the molecule is CCCCCCCCCCCCC[CH2][Ni][CH2]CCCCCCCCCCCCC.CCCCCCc1ccc(C(=C(C=C=[N+]=[N-])CCCC)c2ccc(CCCC)cc2)cc1. The molecule has 0 radical (unpaired) electrons. The van der Waals surface area contributed by atoms with Crippen LogP contribution in [0.1, 0.15) is 269 Å². The van der Waals surface area contributed by atoms with E-state index in [1.54, 1.807) is 0 Å². The number of hydrogen-bond donors (Lipinski definition) is 0. The smallest absolute Gasteiger partial charge is 0.348 e. The molecule has 0 aliphatic rings. The molecule has 350 valence electrons. The Bertz CT molecular complexity index is 1320. The third kappa shape index (κ3) is 33.1. The normalized spacial score (nSPS) is 11.5. The van der Waals surface area contributed by atoms with Gasteiger partial charge in [-0.2, -0.15) is 0 Å². The van der Waals surface area contributed by atoms with Crippen molar-refractivity contribution in [3.8, 4) is 0 Å². The van der Waals surface area contributed by atoms with E-state index in [9.17, 15) is 0 Å². The minimum atomic E-state index is 0.935. The summed E-state index contributed by atoms with van der Waals surface area (Å²) in [4.78, 5) is 3.12. The van der Waals surface area contributed by atoms with Gasteiger partial charge >= 0.3 is 166 Å². The van der Waals surface area contributed by atoms with Crippen LogP contribution in [-0.2, 0) is 27.3 Å². The summed E-state index contributed by atoms with van der Waals surface area (Å²) in [6, 6.07) is 18.1. The number of hydrogen-bond acceptors (Lipinski definition) is 0. The van der Waals surface area contributed by atoms with Gasteiger partial charge in [0.15, 0.2) is 0 Å². The Hall–Kier alpha value is -2.17. The fourth-order valence-electron chi connectivity index (χ4n) is 8.17. The molecule has 0 fully saturated rings. The molecule has 2 nitrogen and oxygen atoms in total. The van der Waals surface area contributed by atoms with Gasteiger partial charge in [0.25, 0.3) is 5.87 Å². The van der Waals surface area contributed by atoms with E-state index in [2.05, 4.69) is 93.8 Å². The summed E-state index contributed by atoms with van der Waals surface area (Å²) in [6.45, 7) is 11.3. The first kappa shape index (κ1) is 56.9. The molecule has 0 heterocycles. The zero-order valence-corrected chi connectivity index (χ0v) is 42.1. The Morgan fingerprint density at radius 3 is 1.11 bits per heavy atom. The van der Waals surface area contributed by atoms with Crippen molar-refractivity contribution in [3.05, 3.63) is 88.0 Å². The average Bonchev–Trinajstić information content (AvgIpc) is 3.29. The van der Waals surface area contributed by atoms with Crippen LogP contribution in [0.25, 0.3) is 11.1 Å². The van der Waals surface area contributed by atoms with Crippen molar-refractivity contribution in [3.63, 3.8) is 0 Å². The summed E-state index contributed by atoms with van der Waals surface area (Å²) in [5.41, 5.74) is 16.6. The third-order valence-electron chi connectivity index (χ3n) is 12.2. The second-order valence-corrected chi connectivity index (χ2v) is 19.4. The molecule has 0 aliphatic heterocycles. The van der Waals surface area contributed by atoms with Gasteiger partial charge in [-0.05, 0) is 71.9 Å². The molecule has 61 heavy (non-hydrogen) atoms. The molecule has 0 saturated heterocycles. The number of rotatable bonds is 40. The molecule has 0 amide bonds. The van der Waals surface area contributed by atoms with Crippen molar-refractivity contribution < 1.29 is 19.2 Å². The molecule has 0 unspecified atom stereocenters. The van der Waals surface area contributed by atoms with Crippen LogP contribution in [-0.4, -0.2) is 10.7 Å². The zero-order valence-electron chi connectivity index (χ0n) is 41.1. The van der Waals surface area contributed by atoms with Crippen LogP contribution >= 0.6 is 0 Å². The van der Waals surface area contributed by atoms with E-state index in [0.717, 1.165) is 32.1 Å². The van der Waals surface area contributed by atoms with E-state index in [0.29, 0.717) is 0 Å². The van der Waals surface area contributed by atoms with Gasteiger partial charge in [0.1, 0.15) is 0 Å². The van der Waals surface area contributed by atoms with E-state index in [-0.39, 0.29) is 0 Å². The monoisotopic (exact) mass is 881 g/mol. The Kier molecular flexibility index (Phi) is 41.4. The minimum absolute atomic E-state index is 0.935. The summed E-state index contributed by atoms with van der Waals surface area (Å²) in [5, 5.41) is 2.87. The third-order valence-corrected chi connectivity index (χ3v) is 13.6. The molecule has 0 bridgehead atoms. The molecule has 2 aromatic rings. The zero-order chi connectivity index (χ0) is 44.1. The molecule has 0 saturated carbocycles. The van der Waals surface area contributed by atoms with Crippen molar-refractivity contribution in [2.24, 2.45) is 0 Å². The number of unbranched alkanes of at least 4 members (excludes halogenated alkanes) is 27.